The van der Waals surface area contributed by atoms with Crippen molar-refractivity contribution in [2.24, 2.45) is 0 Å². The molecule has 1 heterocycles. The van der Waals surface area contributed by atoms with Gasteiger partial charge in [0.25, 0.3) is 0 Å². The third kappa shape index (κ3) is 3.43. The standard InChI is InChI=1S/C17H12BrNO2S/c18-13-5-3-4-11(9-13)8-12(10-16(20)21)17-19-14-6-1-2-7-15(14)22-17/h1-9H,10H2,(H,20,21)/b12-8-. The highest BCUT2D eigenvalue weighted by Crippen LogP contribution is 2.30. The van der Waals surface area contributed by atoms with Crippen molar-refractivity contribution >= 4 is 55.1 Å². The van der Waals surface area contributed by atoms with Crippen LogP contribution in [0.25, 0.3) is 21.9 Å². The number of hydrogen-bond donors (Lipinski definition) is 1. The van der Waals surface area contributed by atoms with E-state index in [4.69, 9.17) is 0 Å². The number of hydrogen-bond acceptors (Lipinski definition) is 3. The highest BCUT2D eigenvalue weighted by Gasteiger charge is 2.12. The van der Waals surface area contributed by atoms with E-state index in [1.807, 2.05) is 54.6 Å². The Labute approximate surface area is 140 Å². The fraction of sp³-hybridized carbons (Fsp3) is 0.0588. The van der Waals surface area contributed by atoms with Gasteiger partial charge in [-0.15, -0.1) is 11.3 Å². The monoisotopic (exact) mass is 373 g/mol. The Bertz CT molecular complexity index is 837. The minimum atomic E-state index is -0.861. The summed E-state index contributed by atoms with van der Waals surface area (Å²) in [5.41, 5.74) is 2.56. The molecule has 0 fully saturated rings. The van der Waals surface area contributed by atoms with Crippen LogP contribution < -0.4 is 0 Å². The zero-order valence-corrected chi connectivity index (χ0v) is 13.9. The fourth-order valence-corrected chi connectivity index (χ4v) is 3.55. The van der Waals surface area contributed by atoms with E-state index in [0.29, 0.717) is 5.57 Å². The lowest BCUT2D eigenvalue weighted by molar-refractivity contribution is -0.135. The predicted molar refractivity (Wildman–Crippen MR) is 93.9 cm³/mol. The average Bonchev–Trinajstić information content (AvgIpc) is 2.90. The van der Waals surface area contributed by atoms with Crippen molar-refractivity contribution in [3.8, 4) is 0 Å². The summed E-state index contributed by atoms with van der Waals surface area (Å²) in [6, 6.07) is 15.6. The third-order valence-corrected chi connectivity index (χ3v) is 4.71. The smallest absolute Gasteiger partial charge is 0.307 e. The van der Waals surface area contributed by atoms with Crippen LogP contribution in [0.15, 0.2) is 53.0 Å². The Kier molecular flexibility index (Phi) is 4.36. The first-order chi connectivity index (χ1) is 10.6. The van der Waals surface area contributed by atoms with Crippen LogP contribution >= 0.6 is 27.3 Å². The molecule has 3 nitrogen and oxygen atoms in total. The van der Waals surface area contributed by atoms with Gasteiger partial charge in [0.05, 0.1) is 16.6 Å². The van der Waals surface area contributed by atoms with Gasteiger partial charge >= 0.3 is 5.97 Å². The van der Waals surface area contributed by atoms with Crippen molar-refractivity contribution in [2.45, 2.75) is 6.42 Å². The van der Waals surface area contributed by atoms with Gasteiger partial charge in [0.15, 0.2) is 0 Å². The van der Waals surface area contributed by atoms with E-state index in [1.54, 1.807) is 0 Å². The van der Waals surface area contributed by atoms with Gasteiger partial charge in [0, 0.05) is 4.47 Å². The zero-order chi connectivity index (χ0) is 15.5. The van der Waals surface area contributed by atoms with E-state index in [-0.39, 0.29) is 6.42 Å². The molecule has 1 aromatic heterocycles. The number of halogens is 1. The van der Waals surface area contributed by atoms with Crippen LogP contribution in [0.2, 0.25) is 0 Å². The summed E-state index contributed by atoms with van der Waals surface area (Å²) in [6.45, 7) is 0. The van der Waals surface area contributed by atoms with Gasteiger partial charge in [0.1, 0.15) is 5.01 Å². The summed E-state index contributed by atoms with van der Waals surface area (Å²) in [5.74, 6) is -0.861. The normalized spacial score (nSPS) is 11.8. The van der Waals surface area contributed by atoms with Gasteiger partial charge in [-0.2, -0.15) is 0 Å². The number of carboxylic acids is 1. The minimum absolute atomic E-state index is 0.0493. The van der Waals surface area contributed by atoms with Crippen LogP contribution in [-0.2, 0) is 4.79 Å². The van der Waals surface area contributed by atoms with Crippen LogP contribution in [0.5, 0.6) is 0 Å². The molecule has 0 aliphatic carbocycles. The summed E-state index contributed by atoms with van der Waals surface area (Å²) < 4.78 is 2.02. The second kappa shape index (κ2) is 6.42. The van der Waals surface area contributed by atoms with Gasteiger partial charge in [-0.05, 0) is 41.5 Å². The van der Waals surface area contributed by atoms with Gasteiger partial charge in [-0.3, -0.25) is 4.79 Å². The topological polar surface area (TPSA) is 50.2 Å². The molecule has 0 aliphatic heterocycles. The van der Waals surface area contributed by atoms with Crippen LogP contribution in [-0.4, -0.2) is 16.1 Å². The summed E-state index contributed by atoms with van der Waals surface area (Å²) in [5, 5.41) is 9.93. The SMILES string of the molecule is O=C(O)C/C(=C/c1cccc(Br)c1)c1nc2ccccc2s1. The maximum absolute atomic E-state index is 11.2. The van der Waals surface area contributed by atoms with Crippen LogP contribution in [0.1, 0.15) is 17.0 Å². The van der Waals surface area contributed by atoms with E-state index < -0.39 is 5.97 Å². The van der Waals surface area contributed by atoms with E-state index >= 15 is 0 Å². The molecule has 0 saturated heterocycles. The summed E-state index contributed by atoms with van der Waals surface area (Å²) >= 11 is 4.95. The number of fused-ring (bicyclic) bond motifs is 1. The molecule has 110 valence electrons. The highest BCUT2D eigenvalue weighted by atomic mass is 79.9. The summed E-state index contributed by atoms with van der Waals surface area (Å²) in [7, 11) is 0. The first-order valence-corrected chi connectivity index (χ1v) is 8.26. The molecule has 0 saturated carbocycles. The van der Waals surface area contributed by atoms with Crippen molar-refractivity contribution in [2.75, 3.05) is 0 Å². The molecule has 0 unspecified atom stereocenters. The first-order valence-electron chi connectivity index (χ1n) is 6.66. The van der Waals surface area contributed by atoms with Gasteiger partial charge < -0.3 is 5.11 Å². The first kappa shape index (κ1) is 14.9. The number of aliphatic carboxylic acids is 1. The lowest BCUT2D eigenvalue weighted by Crippen LogP contribution is -1.96. The van der Waals surface area contributed by atoms with E-state index in [2.05, 4.69) is 20.9 Å². The second-order valence-electron chi connectivity index (χ2n) is 4.78. The number of thiazole rings is 1. The molecule has 0 atom stereocenters. The lowest BCUT2D eigenvalue weighted by Gasteiger charge is -2.02. The number of carboxylic acid groups (broad SMARTS) is 1. The van der Waals surface area contributed by atoms with Crippen molar-refractivity contribution in [3.05, 3.63) is 63.6 Å². The zero-order valence-electron chi connectivity index (χ0n) is 11.5. The molecule has 2 aromatic carbocycles. The van der Waals surface area contributed by atoms with E-state index in [9.17, 15) is 9.90 Å². The van der Waals surface area contributed by atoms with Crippen molar-refractivity contribution in [3.63, 3.8) is 0 Å². The molecular formula is C17H12BrNO2S. The van der Waals surface area contributed by atoms with Crippen molar-refractivity contribution < 1.29 is 9.90 Å². The Morgan fingerprint density at radius 2 is 2.05 bits per heavy atom. The van der Waals surface area contributed by atoms with Crippen LogP contribution in [0.4, 0.5) is 0 Å². The molecule has 0 spiro atoms. The number of aromatic nitrogens is 1. The molecule has 0 amide bonds. The second-order valence-corrected chi connectivity index (χ2v) is 6.73. The Morgan fingerprint density at radius 3 is 2.77 bits per heavy atom. The molecule has 0 radical (unpaired) electrons. The average molecular weight is 374 g/mol. The van der Waals surface area contributed by atoms with Crippen molar-refractivity contribution in [1.82, 2.24) is 4.98 Å². The number of rotatable bonds is 4. The van der Waals surface area contributed by atoms with E-state index in [0.717, 1.165) is 25.3 Å². The quantitative estimate of drug-likeness (QED) is 0.693. The minimum Gasteiger partial charge on any atom is -0.481 e. The molecule has 22 heavy (non-hydrogen) atoms. The third-order valence-electron chi connectivity index (χ3n) is 3.10. The van der Waals surface area contributed by atoms with E-state index in [1.165, 1.54) is 11.3 Å². The fourth-order valence-electron chi connectivity index (χ4n) is 2.16. The Morgan fingerprint density at radius 1 is 1.23 bits per heavy atom. The van der Waals surface area contributed by atoms with Crippen molar-refractivity contribution in [1.29, 1.82) is 0 Å². The number of para-hydroxylation sites is 1. The summed E-state index contributed by atoms with van der Waals surface area (Å²) in [4.78, 5) is 15.7. The number of benzene rings is 2. The molecule has 5 heteroatoms. The van der Waals surface area contributed by atoms with Gasteiger partial charge in [-0.25, -0.2) is 4.98 Å². The maximum atomic E-state index is 11.2. The van der Waals surface area contributed by atoms with Crippen LogP contribution in [0, 0.1) is 0 Å². The highest BCUT2D eigenvalue weighted by molar-refractivity contribution is 9.10. The molecule has 1 N–H and O–H groups in total. The molecule has 0 aliphatic rings. The number of nitrogens with zero attached hydrogens (tertiary/aromatic N) is 1. The summed E-state index contributed by atoms with van der Waals surface area (Å²) in [6.07, 6.45) is 1.84. The number of carbonyl (C=O) groups is 1. The molecule has 3 aromatic rings. The van der Waals surface area contributed by atoms with Gasteiger partial charge in [-0.1, -0.05) is 40.2 Å². The largest absolute Gasteiger partial charge is 0.481 e. The molecule has 3 rings (SSSR count). The molecule has 0 bridgehead atoms. The lowest BCUT2D eigenvalue weighted by atomic mass is 10.1. The predicted octanol–water partition coefficient (Wildman–Crippen LogP) is 5.07. The Hall–Kier alpha value is -1.98. The molecular weight excluding hydrogens is 362 g/mol. The Balaban J connectivity index is 2.07. The van der Waals surface area contributed by atoms with Gasteiger partial charge in [0.2, 0.25) is 0 Å². The van der Waals surface area contributed by atoms with Crippen LogP contribution in [0.3, 0.4) is 0 Å². The maximum Gasteiger partial charge on any atom is 0.307 e.